The lowest BCUT2D eigenvalue weighted by atomic mass is 10.1. The van der Waals surface area contributed by atoms with Gasteiger partial charge in [0, 0.05) is 19.0 Å². The van der Waals surface area contributed by atoms with Crippen LogP contribution in [0.5, 0.6) is 5.75 Å². The second-order valence-corrected chi connectivity index (χ2v) is 6.75. The summed E-state index contributed by atoms with van der Waals surface area (Å²) in [5, 5.41) is 0.818. The fourth-order valence-electron chi connectivity index (χ4n) is 2.84. The maximum atomic E-state index is 12.4. The standard InChI is InChI=1S/C21H19ClN2O5/c1-24-19(23-16-6-4-3-5-14(16)21(24)27)9-10-20(26)29-12-17(25)13-7-8-18(28-2)15(22)11-13/h3-8,11H,9-10,12H2,1-2H3. The number of hydrogen-bond donors (Lipinski definition) is 0. The van der Waals surface area contributed by atoms with Crippen molar-refractivity contribution in [2.45, 2.75) is 12.8 Å². The van der Waals surface area contributed by atoms with Gasteiger partial charge in [0.25, 0.3) is 5.56 Å². The number of Topliss-reactive ketones (excluding diaryl/α,β-unsaturated/α-hetero) is 1. The molecule has 2 aromatic carbocycles. The highest BCUT2D eigenvalue weighted by atomic mass is 35.5. The smallest absolute Gasteiger partial charge is 0.306 e. The zero-order valence-corrected chi connectivity index (χ0v) is 16.7. The Kier molecular flexibility index (Phi) is 6.29. The Labute approximate surface area is 171 Å². The number of para-hydroxylation sites is 1. The van der Waals surface area contributed by atoms with E-state index in [1.54, 1.807) is 43.4 Å². The van der Waals surface area contributed by atoms with Crippen molar-refractivity contribution >= 4 is 34.3 Å². The number of aromatic nitrogens is 2. The molecule has 3 rings (SSSR count). The summed E-state index contributed by atoms with van der Waals surface area (Å²) in [6, 6.07) is 11.6. The van der Waals surface area contributed by atoms with Gasteiger partial charge in [-0.05, 0) is 30.3 Å². The maximum Gasteiger partial charge on any atom is 0.306 e. The summed E-state index contributed by atoms with van der Waals surface area (Å²) >= 11 is 6.00. The molecule has 150 valence electrons. The monoisotopic (exact) mass is 414 g/mol. The topological polar surface area (TPSA) is 87.5 Å². The number of carbonyl (C=O) groups is 2. The first kappa shape index (κ1) is 20.5. The lowest BCUT2D eigenvalue weighted by Gasteiger charge is -2.09. The van der Waals surface area contributed by atoms with E-state index in [9.17, 15) is 14.4 Å². The zero-order chi connectivity index (χ0) is 21.0. The fraction of sp³-hybridized carbons (Fsp3) is 0.238. The van der Waals surface area contributed by atoms with Crippen LogP contribution in [0, 0.1) is 0 Å². The molecule has 0 spiro atoms. The maximum absolute atomic E-state index is 12.4. The number of hydrogen-bond acceptors (Lipinski definition) is 6. The highest BCUT2D eigenvalue weighted by molar-refractivity contribution is 6.32. The van der Waals surface area contributed by atoms with Gasteiger partial charge in [0.2, 0.25) is 0 Å². The van der Waals surface area contributed by atoms with Crippen molar-refractivity contribution in [1.82, 2.24) is 9.55 Å². The number of fused-ring (bicyclic) bond motifs is 1. The van der Waals surface area contributed by atoms with Crippen LogP contribution in [0.25, 0.3) is 10.9 Å². The van der Waals surface area contributed by atoms with Gasteiger partial charge in [-0.3, -0.25) is 19.0 Å². The molecule has 7 nitrogen and oxygen atoms in total. The van der Waals surface area contributed by atoms with Crippen LogP contribution in [0.4, 0.5) is 0 Å². The number of carbonyl (C=O) groups excluding carboxylic acids is 2. The van der Waals surface area contributed by atoms with Gasteiger partial charge < -0.3 is 9.47 Å². The highest BCUT2D eigenvalue weighted by Gasteiger charge is 2.14. The minimum absolute atomic E-state index is 0.00469. The second kappa shape index (κ2) is 8.87. The van der Waals surface area contributed by atoms with Crippen LogP contribution in [0.3, 0.4) is 0 Å². The number of benzene rings is 2. The summed E-state index contributed by atoms with van der Waals surface area (Å²) in [5.41, 5.74) is 0.721. The van der Waals surface area contributed by atoms with E-state index in [0.29, 0.717) is 33.1 Å². The Morgan fingerprint density at radius 1 is 1.17 bits per heavy atom. The summed E-state index contributed by atoms with van der Waals surface area (Å²) in [5.74, 6) is -0.00730. The van der Waals surface area contributed by atoms with Crippen LogP contribution < -0.4 is 10.3 Å². The molecule has 0 unspecified atom stereocenters. The van der Waals surface area contributed by atoms with E-state index in [-0.39, 0.29) is 24.2 Å². The average molecular weight is 415 g/mol. The van der Waals surface area contributed by atoms with Gasteiger partial charge in [0.05, 0.1) is 29.5 Å². The number of ketones is 1. The molecular weight excluding hydrogens is 396 g/mol. The molecule has 0 atom stereocenters. The lowest BCUT2D eigenvalue weighted by Crippen LogP contribution is -2.23. The minimum Gasteiger partial charge on any atom is -0.495 e. The number of methoxy groups -OCH3 is 1. The third kappa shape index (κ3) is 4.63. The fourth-order valence-corrected chi connectivity index (χ4v) is 3.10. The van der Waals surface area contributed by atoms with E-state index in [4.69, 9.17) is 21.1 Å². The molecule has 0 N–H and O–H groups in total. The van der Waals surface area contributed by atoms with Crippen LogP contribution in [0.15, 0.2) is 47.3 Å². The molecule has 1 heterocycles. The molecule has 0 saturated carbocycles. The third-order valence-electron chi connectivity index (χ3n) is 4.47. The van der Waals surface area contributed by atoms with Crippen molar-refractivity contribution in [1.29, 1.82) is 0 Å². The van der Waals surface area contributed by atoms with Gasteiger partial charge in [-0.15, -0.1) is 0 Å². The molecule has 0 fully saturated rings. The molecule has 8 heteroatoms. The van der Waals surface area contributed by atoms with Crippen LogP contribution in [0.1, 0.15) is 22.6 Å². The molecule has 0 radical (unpaired) electrons. The zero-order valence-electron chi connectivity index (χ0n) is 16.0. The normalized spacial score (nSPS) is 10.7. The Hall–Kier alpha value is -3.19. The van der Waals surface area contributed by atoms with E-state index < -0.39 is 12.6 Å². The molecule has 0 bridgehead atoms. The van der Waals surface area contributed by atoms with Gasteiger partial charge >= 0.3 is 5.97 Å². The molecular formula is C21H19ClN2O5. The highest BCUT2D eigenvalue weighted by Crippen LogP contribution is 2.25. The van der Waals surface area contributed by atoms with Crippen molar-refractivity contribution < 1.29 is 19.1 Å². The first-order chi connectivity index (χ1) is 13.9. The van der Waals surface area contributed by atoms with E-state index in [1.807, 2.05) is 0 Å². The van der Waals surface area contributed by atoms with E-state index in [0.717, 1.165) is 0 Å². The van der Waals surface area contributed by atoms with E-state index >= 15 is 0 Å². The van der Waals surface area contributed by atoms with Crippen molar-refractivity contribution in [3.63, 3.8) is 0 Å². The molecule has 0 aliphatic rings. The van der Waals surface area contributed by atoms with Crippen molar-refractivity contribution in [3.05, 3.63) is 69.2 Å². The molecule has 29 heavy (non-hydrogen) atoms. The lowest BCUT2D eigenvalue weighted by molar-refractivity contribution is -0.142. The predicted molar refractivity (Wildman–Crippen MR) is 109 cm³/mol. The number of rotatable bonds is 7. The average Bonchev–Trinajstić information content (AvgIpc) is 2.73. The molecule has 3 aromatic rings. The number of aryl methyl sites for hydroxylation is 1. The van der Waals surface area contributed by atoms with Crippen LogP contribution in [-0.4, -0.2) is 35.0 Å². The quantitative estimate of drug-likeness (QED) is 0.436. The van der Waals surface area contributed by atoms with Crippen molar-refractivity contribution in [2.75, 3.05) is 13.7 Å². The number of ether oxygens (including phenoxy) is 2. The van der Waals surface area contributed by atoms with Gasteiger partial charge in [-0.1, -0.05) is 23.7 Å². The third-order valence-corrected chi connectivity index (χ3v) is 4.76. The SMILES string of the molecule is COc1ccc(C(=O)COC(=O)CCc2nc3ccccc3c(=O)n2C)cc1Cl. The molecule has 1 aromatic heterocycles. The van der Waals surface area contributed by atoms with E-state index in [1.165, 1.54) is 17.7 Å². The number of esters is 1. The summed E-state index contributed by atoms with van der Waals surface area (Å²) in [4.78, 5) is 41.0. The van der Waals surface area contributed by atoms with Gasteiger partial charge in [0.1, 0.15) is 11.6 Å². The minimum atomic E-state index is -0.555. The van der Waals surface area contributed by atoms with E-state index in [2.05, 4.69) is 4.98 Å². The van der Waals surface area contributed by atoms with Gasteiger partial charge in [-0.2, -0.15) is 0 Å². The second-order valence-electron chi connectivity index (χ2n) is 6.34. The van der Waals surface area contributed by atoms with Crippen molar-refractivity contribution in [3.8, 4) is 5.75 Å². The summed E-state index contributed by atoms with van der Waals surface area (Å²) < 4.78 is 11.5. The van der Waals surface area contributed by atoms with Crippen LogP contribution in [0.2, 0.25) is 5.02 Å². The Morgan fingerprint density at radius 2 is 1.93 bits per heavy atom. The summed E-state index contributed by atoms with van der Waals surface area (Å²) in [7, 11) is 3.09. The Bertz CT molecular complexity index is 1140. The number of nitrogens with zero attached hydrogens (tertiary/aromatic N) is 2. The molecule has 0 aliphatic carbocycles. The first-order valence-corrected chi connectivity index (χ1v) is 9.25. The largest absolute Gasteiger partial charge is 0.495 e. The predicted octanol–water partition coefficient (Wildman–Crippen LogP) is 2.95. The van der Waals surface area contributed by atoms with Crippen LogP contribution >= 0.6 is 11.6 Å². The number of halogens is 1. The molecule has 0 aliphatic heterocycles. The molecule has 0 amide bonds. The Balaban J connectivity index is 1.60. The van der Waals surface area contributed by atoms with Gasteiger partial charge in [-0.25, -0.2) is 4.98 Å². The Morgan fingerprint density at radius 3 is 2.66 bits per heavy atom. The summed E-state index contributed by atoms with van der Waals surface area (Å²) in [6.07, 6.45) is 0.216. The van der Waals surface area contributed by atoms with Gasteiger partial charge in [0.15, 0.2) is 12.4 Å². The summed E-state index contributed by atoms with van der Waals surface area (Å²) in [6.45, 7) is -0.397. The van der Waals surface area contributed by atoms with Crippen molar-refractivity contribution in [2.24, 2.45) is 7.05 Å². The first-order valence-electron chi connectivity index (χ1n) is 8.87. The van der Waals surface area contributed by atoms with Crippen LogP contribution in [-0.2, 0) is 23.0 Å². The molecule has 0 saturated heterocycles.